The lowest BCUT2D eigenvalue weighted by Gasteiger charge is -2.44. The Morgan fingerprint density at radius 3 is 2.86 bits per heavy atom. The molecule has 2 aliphatic carbocycles. The van der Waals surface area contributed by atoms with Crippen LogP contribution in [0.1, 0.15) is 62.7 Å². The third-order valence-corrected chi connectivity index (χ3v) is 5.70. The SMILES string of the molecule is c1cc(CN2CCC[C@H]3CCCC[C@H]32)c(CNC2CC2)o1. The molecule has 1 saturated heterocycles. The number of rotatable bonds is 5. The molecule has 1 aromatic heterocycles. The van der Waals surface area contributed by atoms with Crippen LogP contribution in [0.5, 0.6) is 0 Å². The van der Waals surface area contributed by atoms with Gasteiger partial charge < -0.3 is 9.73 Å². The van der Waals surface area contributed by atoms with Crippen LogP contribution in [0.4, 0.5) is 0 Å². The summed E-state index contributed by atoms with van der Waals surface area (Å²) in [6, 6.07) is 3.78. The second-order valence-corrected chi connectivity index (χ2v) is 7.25. The molecule has 0 amide bonds. The van der Waals surface area contributed by atoms with E-state index >= 15 is 0 Å². The van der Waals surface area contributed by atoms with E-state index in [4.69, 9.17) is 4.42 Å². The lowest BCUT2D eigenvalue weighted by molar-refractivity contribution is 0.0542. The van der Waals surface area contributed by atoms with Gasteiger partial charge in [-0.1, -0.05) is 12.8 Å². The molecule has 1 N–H and O–H groups in total. The maximum absolute atomic E-state index is 5.73. The standard InChI is InChI=1S/C18H28N2O/c1-2-6-17-14(4-1)5-3-10-20(17)13-15-9-11-21-18(15)12-19-16-7-8-16/h9,11,14,16-17,19H,1-8,10,12-13H2/t14-,17-/m1/s1. The Balaban J connectivity index is 1.41. The van der Waals surface area contributed by atoms with E-state index in [1.165, 1.54) is 69.2 Å². The van der Waals surface area contributed by atoms with Crippen molar-refractivity contribution in [1.82, 2.24) is 10.2 Å². The predicted octanol–water partition coefficient (Wildman–Crippen LogP) is 3.69. The first-order valence-corrected chi connectivity index (χ1v) is 8.93. The van der Waals surface area contributed by atoms with Crippen LogP contribution in [0.25, 0.3) is 0 Å². The molecule has 1 aromatic rings. The zero-order valence-electron chi connectivity index (χ0n) is 13.0. The van der Waals surface area contributed by atoms with Crippen molar-refractivity contribution in [3.63, 3.8) is 0 Å². The highest BCUT2D eigenvalue weighted by molar-refractivity contribution is 5.17. The maximum Gasteiger partial charge on any atom is 0.122 e. The van der Waals surface area contributed by atoms with Gasteiger partial charge in [0.2, 0.25) is 0 Å². The van der Waals surface area contributed by atoms with Crippen molar-refractivity contribution < 1.29 is 4.42 Å². The fourth-order valence-electron chi connectivity index (χ4n) is 4.33. The molecular formula is C18H28N2O. The summed E-state index contributed by atoms with van der Waals surface area (Å²) in [5.74, 6) is 2.13. The van der Waals surface area contributed by atoms with Crippen molar-refractivity contribution in [2.75, 3.05) is 6.54 Å². The summed E-state index contributed by atoms with van der Waals surface area (Å²) in [4.78, 5) is 2.75. The maximum atomic E-state index is 5.73. The van der Waals surface area contributed by atoms with Gasteiger partial charge in [0.15, 0.2) is 0 Å². The topological polar surface area (TPSA) is 28.4 Å². The molecule has 2 saturated carbocycles. The summed E-state index contributed by atoms with van der Waals surface area (Å²) in [5.41, 5.74) is 1.41. The molecule has 0 bridgehead atoms. The van der Waals surface area contributed by atoms with Gasteiger partial charge in [0.25, 0.3) is 0 Å². The molecule has 21 heavy (non-hydrogen) atoms. The Labute approximate surface area is 128 Å². The zero-order valence-corrected chi connectivity index (χ0v) is 13.0. The quantitative estimate of drug-likeness (QED) is 0.896. The van der Waals surface area contributed by atoms with Gasteiger partial charge in [-0.3, -0.25) is 4.90 Å². The minimum Gasteiger partial charge on any atom is -0.468 e. The van der Waals surface area contributed by atoms with Gasteiger partial charge in [-0.25, -0.2) is 0 Å². The van der Waals surface area contributed by atoms with E-state index in [2.05, 4.69) is 16.3 Å². The van der Waals surface area contributed by atoms with Gasteiger partial charge in [-0.05, 0) is 57.1 Å². The highest BCUT2D eigenvalue weighted by Gasteiger charge is 2.33. The molecule has 0 spiro atoms. The Kier molecular flexibility index (Phi) is 4.04. The Bertz CT molecular complexity index is 464. The lowest BCUT2D eigenvalue weighted by Crippen LogP contribution is -2.46. The van der Waals surface area contributed by atoms with Gasteiger partial charge in [0.1, 0.15) is 5.76 Å². The van der Waals surface area contributed by atoms with Crippen molar-refractivity contribution >= 4 is 0 Å². The van der Waals surface area contributed by atoms with E-state index in [0.29, 0.717) is 0 Å². The van der Waals surface area contributed by atoms with Crippen molar-refractivity contribution in [2.24, 2.45) is 5.92 Å². The normalized spacial score (nSPS) is 30.3. The van der Waals surface area contributed by atoms with E-state index in [1.54, 1.807) is 0 Å². The minimum absolute atomic E-state index is 0.751. The van der Waals surface area contributed by atoms with Crippen LogP contribution in [0.3, 0.4) is 0 Å². The molecule has 116 valence electrons. The number of nitrogens with zero attached hydrogens (tertiary/aromatic N) is 1. The number of furan rings is 1. The van der Waals surface area contributed by atoms with Crippen LogP contribution in [0.2, 0.25) is 0 Å². The van der Waals surface area contributed by atoms with E-state index in [1.807, 2.05) is 6.26 Å². The Morgan fingerprint density at radius 1 is 1.10 bits per heavy atom. The van der Waals surface area contributed by atoms with Crippen molar-refractivity contribution in [3.8, 4) is 0 Å². The average molecular weight is 288 g/mol. The molecule has 4 rings (SSSR count). The molecule has 0 aromatic carbocycles. The fourth-order valence-corrected chi connectivity index (χ4v) is 4.33. The van der Waals surface area contributed by atoms with E-state index in [9.17, 15) is 0 Å². The number of nitrogens with one attached hydrogen (secondary N) is 1. The molecule has 2 atom stereocenters. The average Bonchev–Trinajstić information content (AvgIpc) is 3.25. The van der Waals surface area contributed by atoms with Gasteiger partial charge in [-0.2, -0.15) is 0 Å². The smallest absolute Gasteiger partial charge is 0.122 e. The second-order valence-electron chi connectivity index (χ2n) is 7.25. The Morgan fingerprint density at radius 2 is 1.95 bits per heavy atom. The third kappa shape index (κ3) is 3.19. The summed E-state index contributed by atoms with van der Waals surface area (Å²) in [7, 11) is 0. The molecule has 0 unspecified atom stereocenters. The van der Waals surface area contributed by atoms with E-state index in [0.717, 1.165) is 31.1 Å². The van der Waals surface area contributed by atoms with Gasteiger partial charge in [0, 0.05) is 24.2 Å². The van der Waals surface area contributed by atoms with Crippen molar-refractivity contribution in [2.45, 2.75) is 76.5 Å². The molecule has 3 heteroatoms. The molecule has 2 heterocycles. The number of likely N-dealkylation sites (tertiary alicyclic amines) is 1. The highest BCUT2D eigenvalue weighted by Crippen LogP contribution is 2.36. The van der Waals surface area contributed by atoms with Crippen LogP contribution in [0.15, 0.2) is 16.7 Å². The number of piperidine rings is 1. The monoisotopic (exact) mass is 288 g/mol. The largest absolute Gasteiger partial charge is 0.468 e. The number of fused-ring (bicyclic) bond motifs is 1. The van der Waals surface area contributed by atoms with Gasteiger partial charge in [0.05, 0.1) is 12.8 Å². The van der Waals surface area contributed by atoms with Gasteiger partial charge in [-0.15, -0.1) is 0 Å². The van der Waals surface area contributed by atoms with Crippen LogP contribution in [-0.4, -0.2) is 23.5 Å². The zero-order chi connectivity index (χ0) is 14.1. The molecule has 0 radical (unpaired) electrons. The summed E-state index contributed by atoms with van der Waals surface area (Å²) in [6.45, 7) is 3.29. The first kappa shape index (κ1) is 13.8. The Hall–Kier alpha value is -0.800. The minimum atomic E-state index is 0.751. The van der Waals surface area contributed by atoms with E-state index < -0.39 is 0 Å². The molecular weight excluding hydrogens is 260 g/mol. The summed E-state index contributed by atoms with van der Waals surface area (Å²) in [5, 5.41) is 3.58. The van der Waals surface area contributed by atoms with Crippen LogP contribution in [-0.2, 0) is 13.1 Å². The van der Waals surface area contributed by atoms with Crippen LogP contribution >= 0.6 is 0 Å². The second kappa shape index (κ2) is 6.13. The predicted molar refractivity (Wildman–Crippen MR) is 84.0 cm³/mol. The molecule has 3 fully saturated rings. The first-order chi connectivity index (χ1) is 10.4. The number of hydrogen-bond acceptors (Lipinski definition) is 3. The lowest BCUT2D eigenvalue weighted by atomic mass is 9.78. The fraction of sp³-hybridized carbons (Fsp3) is 0.778. The van der Waals surface area contributed by atoms with Crippen LogP contribution < -0.4 is 5.32 Å². The summed E-state index contributed by atoms with van der Waals surface area (Å²) in [6.07, 6.45) is 13.2. The van der Waals surface area contributed by atoms with Crippen LogP contribution in [0, 0.1) is 5.92 Å². The summed E-state index contributed by atoms with van der Waals surface area (Å²) >= 11 is 0. The third-order valence-electron chi connectivity index (χ3n) is 5.70. The van der Waals surface area contributed by atoms with Gasteiger partial charge >= 0.3 is 0 Å². The van der Waals surface area contributed by atoms with Crippen molar-refractivity contribution in [1.29, 1.82) is 0 Å². The molecule has 3 nitrogen and oxygen atoms in total. The summed E-state index contributed by atoms with van der Waals surface area (Å²) < 4.78 is 5.73. The first-order valence-electron chi connectivity index (χ1n) is 8.93. The molecule has 3 aliphatic rings. The number of hydrogen-bond donors (Lipinski definition) is 1. The highest BCUT2D eigenvalue weighted by atomic mass is 16.3. The van der Waals surface area contributed by atoms with Crippen molar-refractivity contribution in [3.05, 3.63) is 23.7 Å². The van der Waals surface area contributed by atoms with E-state index in [-0.39, 0.29) is 0 Å². The molecule has 1 aliphatic heterocycles.